The van der Waals surface area contributed by atoms with Gasteiger partial charge < -0.3 is 14.8 Å². The highest BCUT2D eigenvalue weighted by Crippen LogP contribution is 2.41. The molecule has 172 valence electrons. The molecule has 1 aliphatic heterocycles. The number of ether oxygens (including phenoxy) is 2. The molecule has 1 aromatic heterocycles. The van der Waals surface area contributed by atoms with E-state index in [0.717, 1.165) is 6.42 Å². The molecule has 1 aromatic carbocycles. The Morgan fingerprint density at radius 1 is 1.31 bits per heavy atom. The van der Waals surface area contributed by atoms with Gasteiger partial charge in [-0.2, -0.15) is 5.10 Å². The van der Waals surface area contributed by atoms with Crippen molar-refractivity contribution in [2.45, 2.75) is 55.8 Å². The first-order valence-electron chi connectivity index (χ1n) is 10.4. The standard InChI is InChI=1S/C20H23F2N5O4S/c1-30-11-8-27-19(31-9-11)16(7-24-27)32(23,29)26-20(28)25-18-13-4-2-3-12(13)17(22)14-5-10(21)6-15(14)18/h7,10-11H,2-6,8-9H2,1H3,(H3,23,25,26,28,29)/t10-,11-,32?/m0/s1. The van der Waals surface area contributed by atoms with Crippen LogP contribution in [0.2, 0.25) is 0 Å². The lowest BCUT2D eigenvalue weighted by Crippen LogP contribution is -2.35. The maximum Gasteiger partial charge on any atom is 0.331 e. The third-order valence-corrected chi connectivity index (χ3v) is 7.60. The molecule has 3 N–H and O–H groups in total. The SMILES string of the molecule is CO[C@@H]1COc2c(S(=N)(=O)NC(=O)Nc3c4c(c(F)c5c3C[C@@H](F)C5)CCC4)cnn2C1. The van der Waals surface area contributed by atoms with E-state index in [9.17, 15) is 17.8 Å². The van der Waals surface area contributed by atoms with E-state index in [0.29, 0.717) is 47.3 Å². The van der Waals surface area contributed by atoms with Gasteiger partial charge in [0.05, 0.1) is 12.7 Å². The van der Waals surface area contributed by atoms with Gasteiger partial charge in [-0.25, -0.2) is 32.0 Å². The largest absolute Gasteiger partial charge is 0.474 e. The summed E-state index contributed by atoms with van der Waals surface area (Å²) in [7, 11) is -2.27. The number of nitrogens with one attached hydrogen (secondary N) is 3. The quantitative estimate of drug-likeness (QED) is 0.639. The van der Waals surface area contributed by atoms with Crippen molar-refractivity contribution in [3.05, 3.63) is 34.3 Å². The number of alkyl halides is 1. The number of benzene rings is 1. The number of halogens is 2. The number of anilines is 1. The zero-order valence-electron chi connectivity index (χ0n) is 17.4. The third-order valence-electron chi connectivity index (χ3n) is 6.23. The third kappa shape index (κ3) is 3.41. The van der Waals surface area contributed by atoms with Crippen LogP contribution in [-0.4, -0.2) is 46.0 Å². The summed E-state index contributed by atoms with van der Waals surface area (Å²) in [5.74, 6) is -0.233. The smallest absolute Gasteiger partial charge is 0.331 e. The van der Waals surface area contributed by atoms with Crippen LogP contribution in [0.5, 0.6) is 5.88 Å². The number of methoxy groups -OCH3 is 1. The summed E-state index contributed by atoms with van der Waals surface area (Å²) in [6.07, 6.45) is 1.60. The molecule has 12 heteroatoms. The molecule has 9 nitrogen and oxygen atoms in total. The first kappa shape index (κ1) is 21.1. The summed E-state index contributed by atoms with van der Waals surface area (Å²) < 4.78 is 64.6. The summed E-state index contributed by atoms with van der Waals surface area (Å²) in [5.41, 5.74) is 2.27. The van der Waals surface area contributed by atoms with Crippen LogP contribution in [0.1, 0.15) is 28.7 Å². The minimum absolute atomic E-state index is 0.0107. The number of fused-ring (bicyclic) bond motifs is 3. The molecule has 0 saturated heterocycles. The molecular formula is C20H23F2N5O4S. The highest BCUT2D eigenvalue weighted by molar-refractivity contribution is 7.91. The van der Waals surface area contributed by atoms with Gasteiger partial charge in [-0.15, -0.1) is 0 Å². The number of carbonyl (C=O) groups is 1. The Labute approximate surface area is 183 Å². The summed E-state index contributed by atoms with van der Waals surface area (Å²) in [6.45, 7) is 0.570. The lowest BCUT2D eigenvalue weighted by molar-refractivity contribution is 0.0165. The fraction of sp³-hybridized carbons (Fsp3) is 0.500. The van der Waals surface area contributed by atoms with Crippen LogP contribution in [0, 0.1) is 10.6 Å². The Bertz CT molecular complexity index is 1210. The summed E-state index contributed by atoms with van der Waals surface area (Å²) in [5, 5.41) is 6.72. The number of amides is 2. The number of aromatic nitrogens is 2. The van der Waals surface area contributed by atoms with Gasteiger partial charge in [0.2, 0.25) is 5.88 Å². The van der Waals surface area contributed by atoms with Gasteiger partial charge in [0.15, 0.2) is 9.92 Å². The second kappa shape index (κ2) is 7.69. The van der Waals surface area contributed by atoms with Crippen LogP contribution in [-0.2, 0) is 46.9 Å². The number of nitrogens with zero attached hydrogens (tertiary/aromatic N) is 2. The Balaban J connectivity index is 1.40. The molecule has 2 aromatic rings. The first-order chi connectivity index (χ1) is 15.3. The van der Waals surface area contributed by atoms with Gasteiger partial charge in [-0.05, 0) is 41.5 Å². The molecule has 0 spiro atoms. The Morgan fingerprint density at radius 3 is 2.84 bits per heavy atom. The summed E-state index contributed by atoms with van der Waals surface area (Å²) in [6, 6.07) is -0.888. The van der Waals surface area contributed by atoms with Crippen LogP contribution in [0.15, 0.2) is 11.1 Å². The van der Waals surface area contributed by atoms with E-state index in [-0.39, 0.29) is 42.1 Å². The molecule has 3 atom stereocenters. The van der Waals surface area contributed by atoms with Crippen molar-refractivity contribution in [2.24, 2.45) is 0 Å². The number of carbonyl (C=O) groups excluding carboxylic acids is 1. The highest BCUT2D eigenvalue weighted by atomic mass is 32.2. The lowest BCUT2D eigenvalue weighted by atomic mass is 9.98. The van der Waals surface area contributed by atoms with Crippen molar-refractivity contribution in [3.8, 4) is 5.88 Å². The van der Waals surface area contributed by atoms with Crippen LogP contribution >= 0.6 is 0 Å². The number of hydrogen-bond acceptors (Lipinski definition) is 6. The van der Waals surface area contributed by atoms with Crippen molar-refractivity contribution in [1.29, 1.82) is 4.78 Å². The van der Waals surface area contributed by atoms with Crippen molar-refractivity contribution in [1.82, 2.24) is 14.5 Å². The lowest BCUT2D eigenvalue weighted by Gasteiger charge is -2.23. The zero-order valence-corrected chi connectivity index (χ0v) is 18.2. The molecule has 5 rings (SSSR count). The summed E-state index contributed by atoms with van der Waals surface area (Å²) >= 11 is 0. The Hall–Kier alpha value is -2.73. The average Bonchev–Trinajstić information content (AvgIpc) is 3.48. The average molecular weight is 467 g/mol. The predicted molar refractivity (Wildman–Crippen MR) is 111 cm³/mol. The van der Waals surface area contributed by atoms with Gasteiger partial charge >= 0.3 is 6.03 Å². The fourth-order valence-electron chi connectivity index (χ4n) is 4.73. The van der Waals surface area contributed by atoms with E-state index in [1.54, 1.807) is 0 Å². The van der Waals surface area contributed by atoms with Crippen LogP contribution in [0.4, 0.5) is 19.3 Å². The monoisotopic (exact) mass is 467 g/mol. The number of urea groups is 1. The van der Waals surface area contributed by atoms with Gasteiger partial charge in [-0.3, -0.25) is 0 Å². The first-order valence-corrected chi connectivity index (χ1v) is 11.9. The van der Waals surface area contributed by atoms with Crippen molar-refractivity contribution in [3.63, 3.8) is 0 Å². The normalized spacial score (nSPS) is 23.0. The van der Waals surface area contributed by atoms with Crippen molar-refractivity contribution in [2.75, 3.05) is 19.0 Å². The minimum atomic E-state index is -3.81. The van der Waals surface area contributed by atoms with Crippen LogP contribution < -0.4 is 14.8 Å². The molecule has 0 saturated carbocycles. The van der Waals surface area contributed by atoms with Crippen LogP contribution in [0.25, 0.3) is 0 Å². The second-order valence-corrected chi connectivity index (χ2v) is 10.00. The molecule has 2 heterocycles. The Morgan fingerprint density at radius 2 is 2.06 bits per heavy atom. The van der Waals surface area contributed by atoms with E-state index < -0.39 is 22.1 Å². The van der Waals surface area contributed by atoms with E-state index in [1.807, 2.05) is 0 Å². The zero-order chi connectivity index (χ0) is 22.6. The molecule has 2 aliphatic carbocycles. The van der Waals surface area contributed by atoms with E-state index >= 15 is 0 Å². The van der Waals surface area contributed by atoms with Crippen molar-refractivity contribution < 1.29 is 27.3 Å². The molecule has 3 aliphatic rings. The van der Waals surface area contributed by atoms with Crippen molar-refractivity contribution >= 4 is 21.6 Å². The van der Waals surface area contributed by atoms with Gasteiger partial charge in [0, 0.05) is 25.6 Å². The Kier molecular flexibility index (Phi) is 5.08. The van der Waals surface area contributed by atoms with E-state index in [4.69, 9.17) is 14.3 Å². The molecule has 32 heavy (non-hydrogen) atoms. The number of hydrogen-bond donors (Lipinski definition) is 3. The molecule has 0 fully saturated rings. The van der Waals surface area contributed by atoms with Crippen LogP contribution in [0.3, 0.4) is 0 Å². The minimum Gasteiger partial charge on any atom is -0.474 e. The molecular weight excluding hydrogens is 444 g/mol. The van der Waals surface area contributed by atoms with Gasteiger partial charge in [0.25, 0.3) is 0 Å². The highest BCUT2D eigenvalue weighted by Gasteiger charge is 2.34. The van der Waals surface area contributed by atoms with Gasteiger partial charge in [-0.1, -0.05) is 0 Å². The molecule has 1 unspecified atom stereocenters. The van der Waals surface area contributed by atoms with Gasteiger partial charge in [0.1, 0.15) is 29.6 Å². The predicted octanol–water partition coefficient (Wildman–Crippen LogP) is 2.50. The number of rotatable bonds is 4. The second-order valence-electron chi connectivity index (χ2n) is 8.24. The maximum absolute atomic E-state index is 14.8. The fourth-order valence-corrected chi connectivity index (χ4v) is 5.76. The summed E-state index contributed by atoms with van der Waals surface area (Å²) in [4.78, 5) is 12.7. The molecule has 2 amide bonds. The maximum atomic E-state index is 14.8. The molecule has 0 bridgehead atoms. The topological polar surface area (TPSA) is 118 Å². The molecule has 0 radical (unpaired) electrons. The van der Waals surface area contributed by atoms with E-state index in [1.165, 1.54) is 18.0 Å². The van der Waals surface area contributed by atoms with E-state index in [2.05, 4.69) is 15.1 Å².